The number of nitrogens with zero attached hydrogens (tertiary/aromatic N) is 1. The van der Waals surface area contributed by atoms with Crippen LogP contribution in [0.3, 0.4) is 0 Å². The summed E-state index contributed by atoms with van der Waals surface area (Å²) in [6, 6.07) is 0. The van der Waals surface area contributed by atoms with Gasteiger partial charge in [0.05, 0.1) is 6.20 Å². The van der Waals surface area contributed by atoms with Gasteiger partial charge in [-0.25, -0.2) is 0 Å². The number of aromatic nitrogens is 2. The van der Waals surface area contributed by atoms with Gasteiger partial charge in [0.2, 0.25) is 0 Å². The summed E-state index contributed by atoms with van der Waals surface area (Å²) in [7, 11) is -0.669. The summed E-state index contributed by atoms with van der Waals surface area (Å²) in [5.41, 5.74) is 2.30. The Hall–Kier alpha value is -0.680. The summed E-state index contributed by atoms with van der Waals surface area (Å²) in [6.45, 7) is 3.74. The molecule has 0 aliphatic rings. The standard InChI is InChI=1S/C9H17N3OS/c1-8-9(7-11-12-8)6-10-4-3-5-14(2)13/h7,10H,3-6H2,1-2H3,(H,11,12). The molecule has 0 saturated carbocycles. The molecule has 80 valence electrons. The average Bonchev–Trinajstić information content (AvgIpc) is 2.51. The van der Waals surface area contributed by atoms with E-state index in [0.717, 1.165) is 31.0 Å². The van der Waals surface area contributed by atoms with Crippen molar-refractivity contribution in [1.82, 2.24) is 15.5 Å². The third-order valence-electron chi connectivity index (χ3n) is 2.04. The van der Waals surface area contributed by atoms with Crippen molar-refractivity contribution in [3.05, 3.63) is 17.5 Å². The molecule has 5 heteroatoms. The van der Waals surface area contributed by atoms with Gasteiger partial charge in [0.1, 0.15) is 0 Å². The van der Waals surface area contributed by atoms with Crippen molar-refractivity contribution in [2.45, 2.75) is 19.9 Å². The normalized spacial score (nSPS) is 13.0. The maximum absolute atomic E-state index is 10.8. The summed E-state index contributed by atoms with van der Waals surface area (Å²) in [5, 5.41) is 10.1. The first kappa shape index (κ1) is 11.4. The molecule has 0 aromatic carbocycles. The van der Waals surface area contributed by atoms with Crippen molar-refractivity contribution in [3.63, 3.8) is 0 Å². The number of rotatable bonds is 6. The van der Waals surface area contributed by atoms with Crippen LogP contribution >= 0.6 is 0 Å². The van der Waals surface area contributed by atoms with Crippen LogP contribution in [0.25, 0.3) is 0 Å². The van der Waals surface area contributed by atoms with Crippen LogP contribution in [0.1, 0.15) is 17.7 Å². The van der Waals surface area contributed by atoms with Gasteiger partial charge in [-0.3, -0.25) is 9.31 Å². The van der Waals surface area contributed by atoms with Gasteiger partial charge in [-0.1, -0.05) is 0 Å². The Morgan fingerprint density at radius 3 is 3.00 bits per heavy atom. The second kappa shape index (κ2) is 5.93. The highest BCUT2D eigenvalue weighted by Gasteiger charge is 1.98. The van der Waals surface area contributed by atoms with E-state index in [9.17, 15) is 4.21 Å². The summed E-state index contributed by atoms with van der Waals surface area (Å²) in [4.78, 5) is 0. The van der Waals surface area contributed by atoms with Gasteiger partial charge in [-0.15, -0.1) is 0 Å². The first-order valence-electron chi connectivity index (χ1n) is 4.69. The Labute approximate surface area is 86.9 Å². The molecule has 1 aromatic heterocycles. The molecule has 0 radical (unpaired) electrons. The molecular formula is C9H17N3OS. The van der Waals surface area contributed by atoms with Gasteiger partial charge in [0, 0.05) is 40.6 Å². The molecule has 0 aliphatic heterocycles. The molecule has 1 aromatic rings. The van der Waals surface area contributed by atoms with Crippen LogP contribution in [-0.2, 0) is 17.3 Å². The number of H-pyrrole nitrogens is 1. The van der Waals surface area contributed by atoms with Crippen LogP contribution in [0.2, 0.25) is 0 Å². The fourth-order valence-corrected chi connectivity index (χ4v) is 1.73. The van der Waals surface area contributed by atoms with Gasteiger partial charge >= 0.3 is 0 Å². The Kier molecular flexibility index (Phi) is 4.82. The third kappa shape index (κ3) is 4.02. The summed E-state index contributed by atoms with van der Waals surface area (Å²) < 4.78 is 10.8. The van der Waals surface area contributed by atoms with E-state index in [2.05, 4.69) is 15.5 Å². The zero-order chi connectivity index (χ0) is 10.4. The monoisotopic (exact) mass is 215 g/mol. The van der Waals surface area contributed by atoms with Crippen molar-refractivity contribution in [1.29, 1.82) is 0 Å². The van der Waals surface area contributed by atoms with Crippen molar-refractivity contribution in [3.8, 4) is 0 Å². The van der Waals surface area contributed by atoms with Crippen LogP contribution in [-0.4, -0.2) is 33.0 Å². The van der Waals surface area contributed by atoms with E-state index >= 15 is 0 Å². The third-order valence-corrected chi connectivity index (χ3v) is 2.90. The fourth-order valence-electron chi connectivity index (χ4n) is 1.18. The fraction of sp³-hybridized carbons (Fsp3) is 0.667. The minimum Gasteiger partial charge on any atom is -0.313 e. The number of aromatic amines is 1. The molecule has 0 amide bonds. The molecule has 4 nitrogen and oxygen atoms in total. The molecule has 1 unspecified atom stereocenters. The Balaban J connectivity index is 2.10. The van der Waals surface area contributed by atoms with Gasteiger partial charge in [-0.05, 0) is 19.9 Å². The Morgan fingerprint density at radius 1 is 1.64 bits per heavy atom. The predicted molar refractivity (Wildman–Crippen MR) is 58.6 cm³/mol. The number of hydrogen-bond donors (Lipinski definition) is 2. The minimum absolute atomic E-state index is 0.669. The number of nitrogens with one attached hydrogen (secondary N) is 2. The molecule has 0 bridgehead atoms. The maximum Gasteiger partial charge on any atom is 0.0535 e. The lowest BCUT2D eigenvalue weighted by Gasteiger charge is -2.02. The van der Waals surface area contributed by atoms with Gasteiger partial charge < -0.3 is 5.32 Å². The van der Waals surface area contributed by atoms with E-state index in [4.69, 9.17) is 0 Å². The molecule has 0 aliphatic carbocycles. The SMILES string of the molecule is Cc1[nH]ncc1CNCCCS(C)=O. The van der Waals surface area contributed by atoms with Crippen molar-refractivity contribution >= 4 is 10.8 Å². The molecule has 1 rings (SSSR count). The number of hydrogen-bond acceptors (Lipinski definition) is 3. The number of aryl methyl sites for hydroxylation is 1. The molecular weight excluding hydrogens is 198 g/mol. The highest BCUT2D eigenvalue weighted by atomic mass is 32.2. The zero-order valence-electron chi connectivity index (χ0n) is 8.67. The van der Waals surface area contributed by atoms with E-state index in [0.29, 0.717) is 0 Å². The smallest absolute Gasteiger partial charge is 0.0535 e. The molecule has 0 fully saturated rings. The van der Waals surface area contributed by atoms with Crippen LogP contribution < -0.4 is 5.32 Å². The van der Waals surface area contributed by atoms with Gasteiger partial charge in [-0.2, -0.15) is 5.10 Å². The maximum atomic E-state index is 10.8. The highest BCUT2D eigenvalue weighted by Crippen LogP contribution is 2.00. The molecule has 14 heavy (non-hydrogen) atoms. The largest absolute Gasteiger partial charge is 0.313 e. The lowest BCUT2D eigenvalue weighted by atomic mass is 10.2. The van der Waals surface area contributed by atoms with E-state index in [1.54, 1.807) is 6.26 Å². The Bertz CT molecular complexity index is 298. The minimum atomic E-state index is -0.669. The molecule has 1 heterocycles. The predicted octanol–water partition coefficient (Wildman–Crippen LogP) is 0.576. The molecule has 2 N–H and O–H groups in total. The second-order valence-electron chi connectivity index (χ2n) is 3.33. The van der Waals surface area contributed by atoms with Gasteiger partial charge in [0.15, 0.2) is 0 Å². The van der Waals surface area contributed by atoms with Gasteiger partial charge in [0.25, 0.3) is 0 Å². The molecule has 1 atom stereocenters. The summed E-state index contributed by atoms with van der Waals surface area (Å²) in [6.07, 6.45) is 4.53. The molecule has 0 spiro atoms. The topological polar surface area (TPSA) is 57.8 Å². The van der Waals surface area contributed by atoms with E-state index < -0.39 is 10.8 Å². The lowest BCUT2D eigenvalue weighted by Crippen LogP contribution is -2.16. The first-order valence-corrected chi connectivity index (χ1v) is 6.42. The lowest BCUT2D eigenvalue weighted by molar-refractivity contribution is 0.661. The quantitative estimate of drug-likeness (QED) is 0.682. The summed E-state index contributed by atoms with van der Waals surface area (Å²) >= 11 is 0. The molecule has 0 saturated heterocycles. The van der Waals surface area contributed by atoms with E-state index in [1.807, 2.05) is 13.1 Å². The second-order valence-corrected chi connectivity index (χ2v) is 4.88. The van der Waals surface area contributed by atoms with Crippen LogP contribution in [0.5, 0.6) is 0 Å². The zero-order valence-corrected chi connectivity index (χ0v) is 9.49. The van der Waals surface area contributed by atoms with Crippen molar-refractivity contribution < 1.29 is 4.21 Å². The van der Waals surface area contributed by atoms with Crippen molar-refractivity contribution in [2.24, 2.45) is 0 Å². The summed E-state index contributed by atoms with van der Waals surface area (Å²) in [5.74, 6) is 0.775. The van der Waals surface area contributed by atoms with E-state index in [1.165, 1.54) is 5.56 Å². The Morgan fingerprint density at radius 2 is 2.43 bits per heavy atom. The van der Waals surface area contributed by atoms with Crippen LogP contribution in [0.4, 0.5) is 0 Å². The highest BCUT2D eigenvalue weighted by molar-refractivity contribution is 7.84. The van der Waals surface area contributed by atoms with Crippen LogP contribution in [0.15, 0.2) is 6.20 Å². The van der Waals surface area contributed by atoms with E-state index in [-0.39, 0.29) is 0 Å². The van der Waals surface area contributed by atoms with Crippen molar-refractivity contribution in [2.75, 3.05) is 18.6 Å². The first-order chi connectivity index (χ1) is 6.70. The van der Waals surface area contributed by atoms with Crippen LogP contribution in [0, 0.1) is 6.92 Å². The average molecular weight is 215 g/mol.